The molecule has 0 aliphatic carbocycles. The number of likely N-dealkylation sites (tertiary alicyclic amines) is 1. The number of nitrogens with one attached hydrogen (secondary N) is 1. The van der Waals surface area contributed by atoms with Gasteiger partial charge in [-0.1, -0.05) is 48.5 Å². The molecular formula is C21H20F3N3O3S. The number of nitriles is 1. The maximum absolute atomic E-state index is 14.1. The van der Waals surface area contributed by atoms with Crippen LogP contribution in [0.4, 0.5) is 13.2 Å². The third-order valence-corrected chi connectivity index (χ3v) is 7.36. The number of nitrogens with zero attached hydrogens (tertiary/aromatic N) is 2. The number of halogens is 3. The molecule has 10 heteroatoms. The van der Waals surface area contributed by atoms with Gasteiger partial charge < -0.3 is 5.32 Å². The van der Waals surface area contributed by atoms with E-state index in [2.05, 4.69) is 5.32 Å². The molecule has 0 spiro atoms. The van der Waals surface area contributed by atoms with E-state index >= 15 is 0 Å². The van der Waals surface area contributed by atoms with Crippen molar-refractivity contribution in [2.75, 3.05) is 13.1 Å². The van der Waals surface area contributed by atoms with Crippen LogP contribution in [-0.2, 0) is 14.6 Å². The van der Waals surface area contributed by atoms with Gasteiger partial charge in [-0.05, 0) is 24.1 Å². The monoisotopic (exact) mass is 451 g/mol. The second kappa shape index (κ2) is 9.08. The van der Waals surface area contributed by atoms with Crippen molar-refractivity contribution in [3.63, 3.8) is 0 Å². The first kappa shape index (κ1) is 22.8. The first-order valence-corrected chi connectivity index (χ1v) is 11.0. The smallest absolute Gasteiger partial charge is 0.342 e. The molecule has 1 heterocycles. The van der Waals surface area contributed by atoms with Gasteiger partial charge in [-0.25, -0.2) is 8.42 Å². The number of hydrogen-bond acceptors (Lipinski definition) is 5. The molecule has 3 rings (SSSR count). The molecule has 0 aromatic heterocycles. The Hall–Kier alpha value is -2.90. The lowest BCUT2D eigenvalue weighted by Gasteiger charge is -2.33. The van der Waals surface area contributed by atoms with Gasteiger partial charge in [-0.2, -0.15) is 18.4 Å². The Morgan fingerprint density at radius 1 is 1.13 bits per heavy atom. The van der Waals surface area contributed by atoms with Gasteiger partial charge in [-0.3, -0.25) is 9.69 Å². The van der Waals surface area contributed by atoms with E-state index in [4.69, 9.17) is 5.26 Å². The summed E-state index contributed by atoms with van der Waals surface area (Å²) in [5, 5.41) is 9.78. The van der Waals surface area contributed by atoms with Crippen molar-refractivity contribution in [1.82, 2.24) is 10.2 Å². The number of sulfone groups is 1. The van der Waals surface area contributed by atoms with Crippen molar-refractivity contribution in [2.24, 2.45) is 0 Å². The number of rotatable bonds is 6. The number of carbonyl (C=O) groups excluding carboxylic acids is 1. The summed E-state index contributed by atoms with van der Waals surface area (Å²) in [7, 11) is -3.97. The van der Waals surface area contributed by atoms with Gasteiger partial charge in [0.25, 0.3) is 0 Å². The molecule has 0 saturated carbocycles. The molecule has 0 bridgehead atoms. The lowest BCUT2D eigenvalue weighted by molar-refractivity contribution is -0.189. The lowest BCUT2D eigenvalue weighted by Crippen LogP contribution is -2.48. The molecule has 1 aliphatic rings. The topological polar surface area (TPSA) is 90.3 Å². The van der Waals surface area contributed by atoms with Gasteiger partial charge >= 0.3 is 6.18 Å². The molecular weight excluding hydrogens is 431 g/mol. The van der Waals surface area contributed by atoms with E-state index in [1.165, 1.54) is 48.5 Å². The summed E-state index contributed by atoms with van der Waals surface area (Å²) < 4.78 is 68.5. The Labute approximate surface area is 178 Å². The van der Waals surface area contributed by atoms with Crippen LogP contribution in [0.3, 0.4) is 0 Å². The van der Waals surface area contributed by atoms with Gasteiger partial charge in [0, 0.05) is 6.54 Å². The zero-order chi connectivity index (χ0) is 22.6. The van der Waals surface area contributed by atoms with E-state index in [1.54, 1.807) is 18.2 Å². The van der Waals surface area contributed by atoms with Crippen LogP contribution in [0.2, 0.25) is 0 Å². The minimum absolute atomic E-state index is 0.0127. The fraction of sp³-hybridized carbons (Fsp3) is 0.333. The average Bonchev–Trinajstić information content (AvgIpc) is 3.18. The summed E-state index contributed by atoms with van der Waals surface area (Å²) in [5.74, 6) is -0.808. The molecule has 1 saturated heterocycles. The second-order valence-corrected chi connectivity index (χ2v) is 9.39. The van der Waals surface area contributed by atoms with Crippen molar-refractivity contribution >= 4 is 15.7 Å². The number of hydrogen-bond donors (Lipinski definition) is 1. The largest absolute Gasteiger partial charge is 0.408 e. The molecule has 1 amide bonds. The maximum atomic E-state index is 14.1. The first-order valence-electron chi connectivity index (χ1n) is 9.47. The summed E-state index contributed by atoms with van der Waals surface area (Å²) in [5.41, 5.74) is -0.0918. The molecule has 3 unspecified atom stereocenters. The highest BCUT2D eigenvalue weighted by Gasteiger charge is 2.53. The van der Waals surface area contributed by atoms with Crippen LogP contribution in [0.15, 0.2) is 65.6 Å². The number of benzene rings is 2. The zero-order valence-corrected chi connectivity index (χ0v) is 17.1. The molecule has 1 N–H and O–H groups in total. The summed E-state index contributed by atoms with van der Waals surface area (Å²) in [4.78, 5) is 13.5. The fourth-order valence-electron chi connectivity index (χ4n) is 3.84. The molecule has 1 fully saturated rings. The second-order valence-electron chi connectivity index (χ2n) is 7.16. The van der Waals surface area contributed by atoms with Crippen LogP contribution < -0.4 is 5.32 Å². The predicted molar refractivity (Wildman–Crippen MR) is 106 cm³/mol. The van der Waals surface area contributed by atoms with Crippen LogP contribution >= 0.6 is 0 Å². The Morgan fingerprint density at radius 2 is 1.71 bits per heavy atom. The maximum Gasteiger partial charge on any atom is 0.408 e. The third-order valence-electron chi connectivity index (χ3n) is 5.21. The standard InChI is InChI=1S/C21H20F3N3O3S/c22-21(23,24)19(15-7-3-1-4-8-15)27-14-17(13-18(27)20(28)26-12-11-25)31(29,30)16-9-5-2-6-10-16/h1-10,17-19H,12-14H2,(H,26,28). The van der Waals surface area contributed by atoms with Crippen LogP contribution in [-0.4, -0.2) is 49.8 Å². The highest BCUT2D eigenvalue weighted by atomic mass is 32.2. The van der Waals surface area contributed by atoms with E-state index in [-0.39, 0.29) is 23.4 Å². The minimum atomic E-state index is -4.75. The molecule has 31 heavy (non-hydrogen) atoms. The van der Waals surface area contributed by atoms with Gasteiger partial charge in [0.2, 0.25) is 5.91 Å². The Morgan fingerprint density at radius 3 is 2.26 bits per heavy atom. The summed E-state index contributed by atoms with van der Waals surface area (Å²) in [6, 6.07) is 12.7. The summed E-state index contributed by atoms with van der Waals surface area (Å²) in [6.07, 6.45) is -5.06. The van der Waals surface area contributed by atoms with E-state index in [0.717, 1.165) is 4.90 Å². The summed E-state index contributed by atoms with van der Waals surface area (Å²) >= 11 is 0. The van der Waals surface area contributed by atoms with Gasteiger partial charge in [0.15, 0.2) is 9.84 Å². The Balaban J connectivity index is 2.02. The van der Waals surface area contributed by atoms with Gasteiger partial charge in [-0.15, -0.1) is 0 Å². The highest BCUT2D eigenvalue weighted by Crippen LogP contribution is 2.43. The quantitative estimate of drug-likeness (QED) is 0.683. The summed E-state index contributed by atoms with van der Waals surface area (Å²) in [6.45, 7) is -0.859. The van der Waals surface area contributed by atoms with E-state index < -0.39 is 45.8 Å². The predicted octanol–water partition coefficient (Wildman–Crippen LogP) is 2.85. The van der Waals surface area contributed by atoms with Crippen LogP contribution in [0, 0.1) is 11.3 Å². The van der Waals surface area contributed by atoms with E-state index in [9.17, 15) is 26.4 Å². The molecule has 3 atom stereocenters. The molecule has 2 aromatic rings. The SMILES string of the molecule is N#CCNC(=O)C1CC(S(=O)(=O)c2ccccc2)CN1C(c1ccccc1)C(F)(F)F. The van der Waals surface area contributed by atoms with Crippen molar-refractivity contribution in [1.29, 1.82) is 5.26 Å². The Kier molecular flexibility index (Phi) is 6.67. The van der Waals surface area contributed by atoms with E-state index in [0.29, 0.717) is 0 Å². The molecule has 0 radical (unpaired) electrons. The van der Waals surface area contributed by atoms with Crippen LogP contribution in [0.25, 0.3) is 0 Å². The van der Waals surface area contributed by atoms with Crippen molar-refractivity contribution in [3.05, 3.63) is 66.2 Å². The number of amides is 1. The normalized spacial score (nSPS) is 20.7. The first-order chi connectivity index (χ1) is 14.7. The third kappa shape index (κ3) is 4.89. The number of alkyl halides is 3. The molecule has 6 nitrogen and oxygen atoms in total. The van der Waals surface area contributed by atoms with Crippen LogP contribution in [0.1, 0.15) is 18.0 Å². The minimum Gasteiger partial charge on any atom is -0.342 e. The number of carbonyl (C=O) groups is 1. The molecule has 1 aliphatic heterocycles. The van der Waals surface area contributed by atoms with E-state index in [1.807, 2.05) is 0 Å². The average molecular weight is 451 g/mol. The molecule has 2 aromatic carbocycles. The fourth-order valence-corrected chi connectivity index (χ4v) is 5.57. The van der Waals surface area contributed by atoms with Gasteiger partial charge in [0.1, 0.15) is 12.6 Å². The van der Waals surface area contributed by atoms with Crippen molar-refractivity contribution in [3.8, 4) is 6.07 Å². The van der Waals surface area contributed by atoms with Crippen molar-refractivity contribution in [2.45, 2.75) is 34.8 Å². The Bertz CT molecular complexity index is 1050. The van der Waals surface area contributed by atoms with Crippen LogP contribution in [0.5, 0.6) is 0 Å². The molecule has 164 valence electrons. The van der Waals surface area contributed by atoms with Crippen molar-refractivity contribution < 1.29 is 26.4 Å². The highest BCUT2D eigenvalue weighted by molar-refractivity contribution is 7.92. The lowest BCUT2D eigenvalue weighted by atomic mass is 10.0. The van der Waals surface area contributed by atoms with Gasteiger partial charge in [0.05, 0.1) is 22.3 Å². The zero-order valence-electron chi connectivity index (χ0n) is 16.3.